The number of rotatable bonds is 0. The van der Waals surface area contributed by atoms with Crippen molar-refractivity contribution in [2.75, 3.05) is 0 Å². The highest BCUT2D eigenvalue weighted by atomic mass is 14.1. The molecule has 0 bridgehead atoms. The molecular weight excluding hydrogens is 108 g/mol. The first-order chi connectivity index (χ1) is 4.34. The van der Waals surface area contributed by atoms with Crippen LogP contribution in [0.2, 0.25) is 0 Å². The van der Waals surface area contributed by atoms with Gasteiger partial charge in [-0.15, -0.1) is 6.42 Å². The van der Waals surface area contributed by atoms with E-state index in [1.165, 1.54) is 5.57 Å². The van der Waals surface area contributed by atoms with Crippen LogP contribution < -0.4 is 0 Å². The SMILES string of the molecule is C#CC1CC=CC=C1C. The Kier molecular flexibility index (Phi) is 1.75. The summed E-state index contributed by atoms with van der Waals surface area (Å²) in [6.45, 7) is 2.08. The average molecular weight is 118 g/mol. The molecule has 0 amide bonds. The van der Waals surface area contributed by atoms with E-state index in [-0.39, 0.29) is 0 Å². The minimum Gasteiger partial charge on any atom is -0.119 e. The standard InChI is InChI=1S/C9H10/c1-3-9-7-5-4-6-8(9)2/h1,4-6,9H,7H2,2H3. The molecule has 0 spiro atoms. The van der Waals surface area contributed by atoms with Gasteiger partial charge in [0.15, 0.2) is 0 Å². The normalized spacial score (nSPS) is 24.9. The summed E-state index contributed by atoms with van der Waals surface area (Å²) < 4.78 is 0. The lowest BCUT2D eigenvalue weighted by Crippen LogP contribution is -1.99. The van der Waals surface area contributed by atoms with Crippen LogP contribution in [0.15, 0.2) is 23.8 Å². The van der Waals surface area contributed by atoms with Crippen LogP contribution in [0.5, 0.6) is 0 Å². The summed E-state index contributed by atoms with van der Waals surface area (Å²) in [5, 5.41) is 0. The van der Waals surface area contributed by atoms with E-state index in [1.807, 2.05) is 0 Å². The fourth-order valence-corrected chi connectivity index (χ4v) is 0.936. The van der Waals surface area contributed by atoms with E-state index in [9.17, 15) is 0 Å². The Morgan fingerprint density at radius 1 is 1.78 bits per heavy atom. The van der Waals surface area contributed by atoms with Crippen LogP contribution in [-0.4, -0.2) is 0 Å². The van der Waals surface area contributed by atoms with Crippen LogP contribution in [0.1, 0.15) is 13.3 Å². The molecule has 0 saturated heterocycles. The second kappa shape index (κ2) is 2.55. The molecule has 0 aromatic carbocycles. The summed E-state index contributed by atoms with van der Waals surface area (Å²) in [6, 6.07) is 0. The minimum absolute atomic E-state index is 0.356. The monoisotopic (exact) mass is 118 g/mol. The molecule has 1 rings (SSSR count). The van der Waals surface area contributed by atoms with Crippen LogP contribution in [0.3, 0.4) is 0 Å². The summed E-state index contributed by atoms with van der Waals surface area (Å²) in [5.41, 5.74) is 1.31. The zero-order valence-electron chi connectivity index (χ0n) is 5.59. The maximum Gasteiger partial charge on any atom is 0.0444 e. The van der Waals surface area contributed by atoms with Crippen molar-refractivity contribution in [2.24, 2.45) is 5.92 Å². The number of allylic oxidation sites excluding steroid dienone is 4. The van der Waals surface area contributed by atoms with Gasteiger partial charge in [0, 0.05) is 5.92 Å². The molecule has 1 aliphatic rings. The maximum atomic E-state index is 5.27. The molecule has 0 fully saturated rings. The van der Waals surface area contributed by atoms with Gasteiger partial charge in [0.1, 0.15) is 0 Å². The van der Waals surface area contributed by atoms with Gasteiger partial charge < -0.3 is 0 Å². The summed E-state index contributed by atoms with van der Waals surface area (Å²) >= 11 is 0. The number of hydrogen-bond donors (Lipinski definition) is 0. The van der Waals surface area contributed by atoms with Gasteiger partial charge in [0.25, 0.3) is 0 Å². The molecule has 0 radical (unpaired) electrons. The molecule has 0 heterocycles. The second-order valence-corrected chi connectivity index (χ2v) is 2.29. The molecule has 0 aromatic rings. The van der Waals surface area contributed by atoms with Crippen molar-refractivity contribution in [2.45, 2.75) is 13.3 Å². The van der Waals surface area contributed by atoms with Crippen LogP contribution in [0.4, 0.5) is 0 Å². The van der Waals surface area contributed by atoms with Crippen LogP contribution in [0.25, 0.3) is 0 Å². The summed E-state index contributed by atoms with van der Waals surface area (Å²) in [6.07, 6.45) is 12.5. The van der Waals surface area contributed by atoms with Crippen molar-refractivity contribution >= 4 is 0 Å². The van der Waals surface area contributed by atoms with Gasteiger partial charge in [-0.2, -0.15) is 0 Å². The van der Waals surface area contributed by atoms with Crippen molar-refractivity contribution in [1.82, 2.24) is 0 Å². The molecule has 0 saturated carbocycles. The van der Waals surface area contributed by atoms with E-state index in [0.717, 1.165) is 6.42 Å². The highest BCUT2D eigenvalue weighted by molar-refractivity contribution is 5.25. The van der Waals surface area contributed by atoms with E-state index < -0.39 is 0 Å². The van der Waals surface area contributed by atoms with Crippen molar-refractivity contribution in [3.05, 3.63) is 23.8 Å². The van der Waals surface area contributed by atoms with Gasteiger partial charge in [0.05, 0.1) is 0 Å². The Morgan fingerprint density at radius 3 is 3.00 bits per heavy atom. The molecule has 46 valence electrons. The lowest BCUT2D eigenvalue weighted by Gasteiger charge is -2.10. The average Bonchev–Trinajstić information content (AvgIpc) is 1.89. The van der Waals surface area contributed by atoms with Gasteiger partial charge in [-0.25, -0.2) is 0 Å². The molecule has 1 aliphatic carbocycles. The van der Waals surface area contributed by atoms with Crippen LogP contribution >= 0.6 is 0 Å². The molecule has 0 nitrogen and oxygen atoms in total. The van der Waals surface area contributed by atoms with Crippen LogP contribution in [-0.2, 0) is 0 Å². The fourth-order valence-electron chi connectivity index (χ4n) is 0.936. The fraction of sp³-hybridized carbons (Fsp3) is 0.333. The predicted octanol–water partition coefficient (Wildman–Crippen LogP) is 2.14. The molecule has 0 aromatic heterocycles. The molecule has 1 unspecified atom stereocenters. The van der Waals surface area contributed by atoms with Gasteiger partial charge >= 0.3 is 0 Å². The molecule has 0 aliphatic heterocycles. The number of hydrogen-bond acceptors (Lipinski definition) is 0. The minimum atomic E-state index is 0.356. The lowest BCUT2D eigenvalue weighted by atomic mass is 9.94. The largest absolute Gasteiger partial charge is 0.119 e. The van der Waals surface area contributed by atoms with E-state index >= 15 is 0 Å². The van der Waals surface area contributed by atoms with Crippen molar-refractivity contribution < 1.29 is 0 Å². The van der Waals surface area contributed by atoms with Gasteiger partial charge in [-0.05, 0) is 13.3 Å². The van der Waals surface area contributed by atoms with E-state index in [0.29, 0.717) is 5.92 Å². The maximum absolute atomic E-state index is 5.27. The summed E-state index contributed by atoms with van der Waals surface area (Å²) in [4.78, 5) is 0. The lowest BCUT2D eigenvalue weighted by molar-refractivity contribution is 0.792. The predicted molar refractivity (Wildman–Crippen MR) is 39.8 cm³/mol. The third-order valence-corrected chi connectivity index (χ3v) is 1.62. The van der Waals surface area contributed by atoms with Crippen LogP contribution in [0, 0.1) is 18.3 Å². The molecule has 1 atom stereocenters. The Morgan fingerprint density at radius 2 is 2.56 bits per heavy atom. The van der Waals surface area contributed by atoms with E-state index in [2.05, 4.69) is 31.1 Å². The van der Waals surface area contributed by atoms with E-state index in [1.54, 1.807) is 0 Å². The first kappa shape index (κ1) is 6.16. The van der Waals surface area contributed by atoms with Crippen molar-refractivity contribution in [3.63, 3.8) is 0 Å². The Hall–Kier alpha value is -0.960. The van der Waals surface area contributed by atoms with Crippen molar-refractivity contribution in [3.8, 4) is 12.3 Å². The molecule has 0 N–H and O–H groups in total. The molecule has 9 heavy (non-hydrogen) atoms. The van der Waals surface area contributed by atoms with Gasteiger partial charge in [0.2, 0.25) is 0 Å². The Labute approximate surface area is 56.3 Å². The first-order valence-corrected chi connectivity index (χ1v) is 3.14. The van der Waals surface area contributed by atoms with Crippen molar-refractivity contribution in [1.29, 1.82) is 0 Å². The smallest absolute Gasteiger partial charge is 0.0444 e. The zero-order valence-corrected chi connectivity index (χ0v) is 5.59. The quantitative estimate of drug-likeness (QED) is 0.427. The third-order valence-electron chi connectivity index (χ3n) is 1.62. The Balaban J connectivity index is 2.73. The second-order valence-electron chi connectivity index (χ2n) is 2.29. The summed E-state index contributed by atoms with van der Waals surface area (Å²) in [5.74, 6) is 3.09. The summed E-state index contributed by atoms with van der Waals surface area (Å²) in [7, 11) is 0. The first-order valence-electron chi connectivity index (χ1n) is 3.14. The van der Waals surface area contributed by atoms with Gasteiger partial charge in [-0.3, -0.25) is 0 Å². The van der Waals surface area contributed by atoms with E-state index in [4.69, 9.17) is 6.42 Å². The van der Waals surface area contributed by atoms with Gasteiger partial charge in [-0.1, -0.05) is 29.7 Å². The Bertz CT molecular complexity index is 189. The number of terminal acetylenes is 1. The third kappa shape index (κ3) is 1.23. The highest BCUT2D eigenvalue weighted by Crippen LogP contribution is 2.17. The topological polar surface area (TPSA) is 0 Å². The highest BCUT2D eigenvalue weighted by Gasteiger charge is 2.05. The molecular formula is C9H10. The molecule has 0 heteroatoms. The zero-order chi connectivity index (χ0) is 6.69.